The van der Waals surface area contributed by atoms with Crippen molar-refractivity contribution >= 4 is 23.6 Å². The number of anilines is 1. The fourth-order valence-electron chi connectivity index (χ4n) is 4.36. The molecular formula is C24H33N3O4. The van der Waals surface area contributed by atoms with Crippen molar-refractivity contribution in [3.05, 3.63) is 41.1 Å². The molecule has 1 atom stereocenters. The number of benzene rings is 1. The molecule has 168 valence electrons. The van der Waals surface area contributed by atoms with Gasteiger partial charge in [0.05, 0.1) is 17.7 Å². The van der Waals surface area contributed by atoms with E-state index in [0.29, 0.717) is 23.5 Å². The molecule has 2 N–H and O–H groups in total. The Morgan fingerprint density at radius 2 is 1.94 bits per heavy atom. The third-order valence-electron chi connectivity index (χ3n) is 5.94. The second-order valence-electron chi connectivity index (χ2n) is 8.53. The summed E-state index contributed by atoms with van der Waals surface area (Å²) in [4.78, 5) is 39.7. The van der Waals surface area contributed by atoms with Crippen molar-refractivity contribution in [3.8, 4) is 0 Å². The van der Waals surface area contributed by atoms with E-state index in [-0.39, 0.29) is 24.0 Å². The second-order valence-corrected chi connectivity index (χ2v) is 8.53. The van der Waals surface area contributed by atoms with Crippen molar-refractivity contribution in [1.82, 2.24) is 10.2 Å². The molecule has 1 aromatic rings. The molecule has 3 rings (SSSR count). The van der Waals surface area contributed by atoms with Gasteiger partial charge in [0, 0.05) is 23.8 Å². The molecular weight excluding hydrogens is 394 g/mol. The number of allylic oxidation sites excluding steroid dienone is 1. The Labute approximate surface area is 184 Å². The molecule has 0 radical (unpaired) electrons. The number of nitrogens with zero attached hydrogens (tertiary/aromatic N) is 1. The van der Waals surface area contributed by atoms with E-state index >= 15 is 0 Å². The van der Waals surface area contributed by atoms with Crippen LogP contribution in [-0.4, -0.2) is 35.5 Å². The van der Waals surface area contributed by atoms with Crippen molar-refractivity contribution in [2.45, 2.75) is 71.9 Å². The molecule has 7 nitrogen and oxygen atoms in total. The molecule has 7 heteroatoms. The van der Waals surface area contributed by atoms with Crippen molar-refractivity contribution in [1.29, 1.82) is 0 Å². The lowest BCUT2D eigenvalue weighted by Crippen LogP contribution is -2.48. The lowest BCUT2D eigenvalue weighted by atomic mass is 9.88. The molecule has 31 heavy (non-hydrogen) atoms. The predicted octanol–water partition coefficient (Wildman–Crippen LogP) is 4.52. The molecule has 3 amide bonds. The van der Waals surface area contributed by atoms with Gasteiger partial charge in [0.1, 0.15) is 0 Å². The van der Waals surface area contributed by atoms with Gasteiger partial charge in [0.15, 0.2) is 0 Å². The van der Waals surface area contributed by atoms with Gasteiger partial charge in [0.2, 0.25) is 5.91 Å². The summed E-state index contributed by atoms with van der Waals surface area (Å²) in [7, 11) is 0. The highest BCUT2D eigenvalue weighted by molar-refractivity contribution is 5.96. The summed E-state index contributed by atoms with van der Waals surface area (Å²) in [6, 6.07) is 6.42. The molecule has 1 heterocycles. The Balaban J connectivity index is 1.89. The van der Waals surface area contributed by atoms with Gasteiger partial charge in [-0.3, -0.25) is 9.69 Å². The molecule has 1 aromatic carbocycles. The van der Waals surface area contributed by atoms with Gasteiger partial charge in [-0.2, -0.15) is 0 Å². The van der Waals surface area contributed by atoms with Crippen LogP contribution in [0.1, 0.15) is 71.4 Å². The van der Waals surface area contributed by atoms with E-state index in [2.05, 4.69) is 10.6 Å². The average Bonchev–Trinajstić information content (AvgIpc) is 2.73. The largest absolute Gasteiger partial charge is 0.459 e. The molecule has 0 saturated heterocycles. The molecule has 2 aliphatic rings. The summed E-state index contributed by atoms with van der Waals surface area (Å²) in [5, 5.41) is 5.94. The number of amides is 3. The lowest BCUT2D eigenvalue weighted by Gasteiger charge is -2.35. The third-order valence-corrected chi connectivity index (χ3v) is 5.94. The minimum atomic E-state index is -0.645. The van der Waals surface area contributed by atoms with Gasteiger partial charge >= 0.3 is 12.0 Å². The van der Waals surface area contributed by atoms with Crippen LogP contribution in [0.5, 0.6) is 0 Å². The van der Waals surface area contributed by atoms with Crippen molar-refractivity contribution in [2.75, 3.05) is 11.9 Å². The summed E-state index contributed by atoms with van der Waals surface area (Å²) >= 11 is 0. The van der Waals surface area contributed by atoms with Gasteiger partial charge in [-0.05, 0) is 58.2 Å². The summed E-state index contributed by atoms with van der Waals surface area (Å²) in [5.41, 5.74) is 2.37. The maximum Gasteiger partial charge on any atom is 0.338 e. The number of urea groups is 1. The minimum absolute atomic E-state index is 0.0350. The maximum absolute atomic E-state index is 12.9. The summed E-state index contributed by atoms with van der Waals surface area (Å²) < 4.78 is 5.47. The van der Waals surface area contributed by atoms with Gasteiger partial charge < -0.3 is 15.4 Å². The first-order chi connectivity index (χ1) is 14.8. The van der Waals surface area contributed by atoms with Crippen LogP contribution in [0.4, 0.5) is 10.5 Å². The predicted molar refractivity (Wildman–Crippen MR) is 119 cm³/mol. The van der Waals surface area contributed by atoms with Crippen LogP contribution in [0, 0.1) is 5.92 Å². The molecule has 0 unspecified atom stereocenters. The molecule has 0 aromatic heterocycles. The van der Waals surface area contributed by atoms with E-state index in [0.717, 1.165) is 31.2 Å². The van der Waals surface area contributed by atoms with E-state index in [1.165, 1.54) is 11.3 Å². The SMILES string of the molecule is CCN1C(=O)N[C@H](c2cccc(NC(=O)C3CCCCC3)c2)C(C(=O)OC(C)C)=C1C. The Hall–Kier alpha value is -2.83. The van der Waals surface area contributed by atoms with Gasteiger partial charge in [-0.15, -0.1) is 0 Å². The average molecular weight is 428 g/mol. The van der Waals surface area contributed by atoms with Crippen molar-refractivity contribution in [3.63, 3.8) is 0 Å². The van der Waals surface area contributed by atoms with E-state index < -0.39 is 12.0 Å². The Bertz CT molecular complexity index is 871. The van der Waals surface area contributed by atoms with Crippen LogP contribution in [0.15, 0.2) is 35.5 Å². The Morgan fingerprint density at radius 1 is 1.23 bits per heavy atom. The fourth-order valence-corrected chi connectivity index (χ4v) is 4.36. The first-order valence-corrected chi connectivity index (χ1v) is 11.2. The molecule has 0 bridgehead atoms. The number of nitrogens with one attached hydrogen (secondary N) is 2. The summed E-state index contributed by atoms with van der Waals surface area (Å²) in [6.45, 7) is 7.66. The first kappa shape index (κ1) is 22.8. The zero-order valence-electron chi connectivity index (χ0n) is 18.9. The highest BCUT2D eigenvalue weighted by Crippen LogP contribution is 2.33. The molecule has 1 aliphatic heterocycles. The van der Waals surface area contributed by atoms with E-state index in [9.17, 15) is 14.4 Å². The number of hydrogen-bond acceptors (Lipinski definition) is 4. The smallest absolute Gasteiger partial charge is 0.338 e. The number of rotatable bonds is 6. The lowest BCUT2D eigenvalue weighted by molar-refractivity contribution is -0.143. The zero-order valence-corrected chi connectivity index (χ0v) is 18.9. The summed E-state index contributed by atoms with van der Waals surface area (Å²) in [6.07, 6.45) is 4.93. The first-order valence-electron chi connectivity index (χ1n) is 11.2. The van der Waals surface area contributed by atoms with Gasteiger partial charge in [-0.25, -0.2) is 9.59 Å². The van der Waals surface area contributed by atoms with Crippen LogP contribution in [0.3, 0.4) is 0 Å². The minimum Gasteiger partial charge on any atom is -0.459 e. The highest BCUT2D eigenvalue weighted by Gasteiger charge is 2.36. The maximum atomic E-state index is 12.9. The monoisotopic (exact) mass is 427 g/mol. The number of hydrogen-bond donors (Lipinski definition) is 2. The highest BCUT2D eigenvalue weighted by atomic mass is 16.5. The number of ether oxygens (including phenoxy) is 1. The quantitative estimate of drug-likeness (QED) is 0.654. The van der Waals surface area contributed by atoms with Gasteiger partial charge in [-0.1, -0.05) is 31.4 Å². The normalized spacial score (nSPS) is 20.0. The second kappa shape index (κ2) is 9.98. The molecule has 1 fully saturated rings. The summed E-state index contributed by atoms with van der Waals surface area (Å²) in [5.74, 6) is -0.371. The van der Waals surface area contributed by atoms with Crippen LogP contribution in [-0.2, 0) is 14.3 Å². The van der Waals surface area contributed by atoms with E-state index in [1.807, 2.05) is 31.2 Å². The molecule has 1 saturated carbocycles. The topological polar surface area (TPSA) is 87.7 Å². The number of carbonyl (C=O) groups excluding carboxylic acids is 3. The molecule has 1 aliphatic carbocycles. The Kier molecular flexibility index (Phi) is 7.36. The zero-order chi connectivity index (χ0) is 22.5. The van der Waals surface area contributed by atoms with Crippen LogP contribution in [0.25, 0.3) is 0 Å². The van der Waals surface area contributed by atoms with Crippen LogP contribution in [0.2, 0.25) is 0 Å². The Morgan fingerprint density at radius 3 is 2.58 bits per heavy atom. The van der Waals surface area contributed by atoms with Crippen molar-refractivity contribution < 1.29 is 19.1 Å². The fraction of sp³-hybridized carbons (Fsp3) is 0.542. The van der Waals surface area contributed by atoms with Gasteiger partial charge in [0.25, 0.3) is 0 Å². The number of esters is 1. The van der Waals surface area contributed by atoms with Crippen molar-refractivity contribution in [2.24, 2.45) is 5.92 Å². The van der Waals surface area contributed by atoms with Crippen LogP contribution < -0.4 is 10.6 Å². The standard InChI is InChI=1S/C24H33N3O4/c1-5-27-16(4)20(23(29)31-15(2)3)21(26-24(27)30)18-12-9-13-19(14-18)25-22(28)17-10-7-6-8-11-17/h9,12-15,17,21H,5-8,10-11H2,1-4H3,(H,25,28)(H,26,30)/t21-/m1/s1. The third kappa shape index (κ3) is 5.27. The van der Waals surface area contributed by atoms with Crippen LogP contribution >= 0.6 is 0 Å². The number of carbonyl (C=O) groups is 3. The molecule has 0 spiro atoms. The van der Waals surface area contributed by atoms with E-state index in [1.54, 1.807) is 20.8 Å². The van der Waals surface area contributed by atoms with E-state index in [4.69, 9.17) is 4.74 Å².